The molecule has 0 atom stereocenters. The molecule has 0 bridgehead atoms. The Labute approximate surface area is 141 Å². The van der Waals surface area contributed by atoms with Gasteiger partial charge in [-0.05, 0) is 37.9 Å². The Morgan fingerprint density at radius 2 is 2.00 bits per heavy atom. The van der Waals surface area contributed by atoms with Crippen LogP contribution in [-0.4, -0.2) is 40.3 Å². The van der Waals surface area contributed by atoms with E-state index in [1.54, 1.807) is 0 Å². The number of hydrogen-bond acceptors (Lipinski definition) is 4. The van der Waals surface area contributed by atoms with E-state index in [4.69, 9.17) is 5.73 Å². The second-order valence-electron chi connectivity index (χ2n) is 6.68. The van der Waals surface area contributed by atoms with Gasteiger partial charge >= 0.3 is 6.03 Å². The molecule has 0 saturated carbocycles. The largest absolute Gasteiger partial charge is 0.369 e. The van der Waals surface area contributed by atoms with Crippen molar-refractivity contribution < 1.29 is 4.79 Å². The summed E-state index contributed by atoms with van der Waals surface area (Å²) in [6.07, 6.45) is 3.09. The third-order valence-corrected chi connectivity index (χ3v) is 5.11. The van der Waals surface area contributed by atoms with E-state index in [0.717, 1.165) is 57.0 Å². The molecular formula is C18H23N5O. The van der Waals surface area contributed by atoms with Crippen molar-refractivity contribution in [1.29, 1.82) is 0 Å². The monoisotopic (exact) mass is 325 g/mol. The number of carbonyl (C=O) groups excluding carboxylic acids is 1. The first-order chi connectivity index (χ1) is 11.7. The van der Waals surface area contributed by atoms with Crippen LogP contribution < -0.4 is 11.1 Å². The van der Waals surface area contributed by atoms with Gasteiger partial charge in [0.25, 0.3) is 0 Å². The molecule has 126 valence electrons. The number of piperidine rings is 1. The number of nitrogens with one attached hydrogen (secondary N) is 1. The van der Waals surface area contributed by atoms with Crippen LogP contribution in [0.5, 0.6) is 0 Å². The summed E-state index contributed by atoms with van der Waals surface area (Å²) in [5.41, 5.74) is 9.08. The van der Waals surface area contributed by atoms with Crippen molar-refractivity contribution >= 4 is 11.8 Å². The molecule has 3 N–H and O–H groups in total. The van der Waals surface area contributed by atoms with Gasteiger partial charge in [0.15, 0.2) is 0 Å². The molecule has 6 heteroatoms. The molecule has 24 heavy (non-hydrogen) atoms. The molecule has 1 amide bonds. The summed E-state index contributed by atoms with van der Waals surface area (Å²) in [4.78, 5) is 14.1. The summed E-state index contributed by atoms with van der Waals surface area (Å²) < 4.78 is 1.34. The number of carbonyl (C=O) groups is 1. The van der Waals surface area contributed by atoms with Crippen LogP contribution in [0.3, 0.4) is 0 Å². The first kappa shape index (κ1) is 15.2. The van der Waals surface area contributed by atoms with Crippen molar-refractivity contribution in [2.45, 2.75) is 31.7 Å². The second-order valence-corrected chi connectivity index (χ2v) is 6.68. The number of primary amides is 1. The normalized spacial score (nSPS) is 18.3. The SMILES string of the molecule is NC(=O)n1nc(C2CCN(Cc3ccccc3)CC2)c2c1NCC2. The van der Waals surface area contributed by atoms with E-state index in [-0.39, 0.29) is 0 Å². The Hall–Kier alpha value is -2.34. The first-order valence-electron chi connectivity index (χ1n) is 8.64. The van der Waals surface area contributed by atoms with Crippen molar-refractivity contribution in [2.75, 3.05) is 25.0 Å². The van der Waals surface area contributed by atoms with Crippen molar-refractivity contribution in [1.82, 2.24) is 14.7 Å². The molecule has 4 rings (SSSR count). The third kappa shape index (κ3) is 2.78. The number of nitrogens with zero attached hydrogens (tertiary/aromatic N) is 3. The average molecular weight is 325 g/mol. The quantitative estimate of drug-likeness (QED) is 0.907. The molecule has 0 spiro atoms. The average Bonchev–Trinajstić information content (AvgIpc) is 3.19. The van der Waals surface area contributed by atoms with E-state index in [1.165, 1.54) is 15.8 Å². The summed E-state index contributed by atoms with van der Waals surface area (Å²) in [5, 5.41) is 7.77. The van der Waals surface area contributed by atoms with E-state index in [2.05, 4.69) is 45.6 Å². The maximum absolute atomic E-state index is 11.6. The lowest BCUT2D eigenvalue weighted by Gasteiger charge is -2.31. The third-order valence-electron chi connectivity index (χ3n) is 5.11. The predicted octanol–water partition coefficient (Wildman–Crippen LogP) is 2.16. The molecule has 2 aliphatic rings. The highest BCUT2D eigenvalue weighted by molar-refractivity contribution is 5.79. The summed E-state index contributed by atoms with van der Waals surface area (Å²) in [6, 6.07) is 10.1. The highest BCUT2D eigenvalue weighted by atomic mass is 16.2. The molecule has 1 fully saturated rings. The molecule has 0 unspecified atom stereocenters. The maximum atomic E-state index is 11.6. The Kier molecular flexibility index (Phi) is 3.98. The molecule has 0 radical (unpaired) electrons. The van der Waals surface area contributed by atoms with Gasteiger partial charge in [0.1, 0.15) is 5.82 Å². The van der Waals surface area contributed by atoms with Crippen LogP contribution in [0.4, 0.5) is 10.6 Å². The standard InChI is InChI=1S/C18H23N5O/c19-18(24)23-17-15(6-9-20-17)16(21-23)14-7-10-22(11-8-14)12-13-4-2-1-3-5-13/h1-5,14,20H,6-12H2,(H2,19,24). The zero-order valence-corrected chi connectivity index (χ0v) is 13.7. The van der Waals surface area contributed by atoms with Crippen LogP contribution in [0, 0.1) is 0 Å². The van der Waals surface area contributed by atoms with Crippen molar-refractivity contribution in [3.63, 3.8) is 0 Å². The molecule has 1 saturated heterocycles. The maximum Gasteiger partial charge on any atom is 0.341 e. The number of aromatic nitrogens is 2. The highest BCUT2D eigenvalue weighted by Gasteiger charge is 2.30. The van der Waals surface area contributed by atoms with Crippen LogP contribution in [0.2, 0.25) is 0 Å². The Morgan fingerprint density at radius 3 is 2.71 bits per heavy atom. The molecule has 0 aliphatic carbocycles. The molecule has 1 aromatic heterocycles. The molecule has 1 aromatic carbocycles. The minimum absolute atomic E-state index is 0.422. The lowest BCUT2D eigenvalue weighted by atomic mass is 9.90. The molecule has 3 heterocycles. The highest BCUT2D eigenvalue weighted by Crippen LogP contribution is 2.35. The number of fused-ring (bicyclic) bond motifs is 1. The van der Waals surface area contributed by atoms with E-state index in [0.29, 0.717) is 5.92 Å². The zero-order valence-electron chi connectivity index (χ0n) is 13.7. The van der Waals surface area contributed by atoms with E-state index >= 15 is 0 Å². The van der Waals surface area contributed by atoms with E-state index in [1.807, 2.05) is 0 Å². The van der Waals surface area contributed by atoms with Crippen LogP contribution in [0.1, 0.15) is 35.6 Å². The van der Waals surface area contributed by atoms with Gasteiger partial charge in [-0.25, -0.2) is 4.79 Å². The van der Waals surface area contributed by atoms with E-state index in [9.17, 15) is 4.79 Å². The number of hydrogen-bond donors (Lipinski definition) is 2. The number of anilines is 1. The number of benzene rings is 1. The predicted molar refractivity (Wildman–Crippen MR) is 93.1 cm³/mol. The minimum Gasteiger partial charge on any atom is -0.369 e. The van der Waals surface area contributed by atoms with Crippen molar-refractivity contribution in [3.05, 3.63) is 47.2 Å². The van der Waals surface area contributed by atoms with Gasteiger partial charge in [-0.2, -0.15) is 9.78 Å². The first-order valence-corrected chi connectivity index (χ1v) is 8.64. The molecule has 6 nitrogen and oxygen atoms in total. The topological polar surface area (TPSA) is 76.2 Å². The molecule has 2 aromatic rings. The van der Waals surface area contributed by atoms with Crippen LogP contribution >= 0.6 is 0 Å². The van der Waals surface area contributed by atoms with Crippen LogP contribution in [-0.2, 0) is 13.0 Å². The van der Waals surface area contributed by atoms with Gasteiger partial charge in [-0.1, -0.05) is 30.3 Å². The summed E-state index contributed by atoms with van der Waals surface area (Å²) in [6.45, 7) is 3.99. The Morgan fingerprint density at radius 1 is 1.25 bits per heavy atom. The van der Waals surface area contributed by atoms with Crippen LogP contribution in [0.15, 0.2) is 30.3 Å². The van der Waals surface area contributed by atoms with Gasteiger partial charge in [0.05, 0.1) is 5.69 Å². The molecular weight excluding hydrogens is 302 g/mol. The van der Waals surface area contributed by atoms with Gasteiger partial charge in [0.2, 0.25) is 0 Å². The van der Waals surface area contributed by atoms with Crippen LogP contribution in [0.25, 0.3) is 0 Å². The van der Waals surface area contributed by atoms with Gasteiger partial charge in [-0.15, -0.1) is 0 Å². The molecule has 2 aliphatic heterocycles. The number of likely N-dealkylation sites (tertiary alicyclic amines) is 1. The number of rotatable bonds is 3. The zero-order chi connectivity index (χ0) is 16.5. The fourth-order valence-corrected chi connectivity index (χ4v) is 3.89. The van der Waals surface area contributed by atoms with Gasteiger partial charge < -0.3 is 11.1 Å². The van der Waals surface area contributed by atoms with Crippen molar-refractivity contribution in [2.24, 2.45) is 5.73 Å². The number of nitrogens with two attached hydrogens (primary N) is 1. The lowest BCUT2D eigenvalue weighted by molar-refractivity contribution is 0.202. The summed E-state index contributed by atoms with van der Waals surface area (Å²) >= 11 is 0. The van der Waals surface area contributed by atoms with E-state index < -0.39 is 6.03 Å². The lowest BCUT2D eigenvalue weighted by Crippen LogP contribution is -2.33. The minimum atomic E-state index is -0.506. The van der Waals surface area contributed by atoms with Gasteiger partial charge in [-0.3, -0.25) is 4.90 Å². The second kappa shape index (κ2) is 6.28. The summed E-state index contributed by atoms with van der Waals surface area (Å²) in [5.74, 6) is 1.23. The smallest absolute Gasteiger partial charge is 0.341 e. The summed E-state index contributed by atoms with van der Waals surface area (Å²) in [7, 11) is 0. The number of amides is 1. The fraction of sp³-hybridized carbons (Fsp3) is 0.444. The Bertz CT molecular complexity index is 731. The Balaban J connectivity index is 1.45. The van der Waals surface area contributed by atoms with Gasteiger partial charge in [0, 0.05) is 24.6 Å². The van der Waals surface area contributed by atoms with Crippen molar-refractivity contribution in [3.8, 4) is 0 Å². The fourth-order valence-electron chi connectivity index (χ4n) is 3.89.